The molecule has 0 radical (unpaired) electrons. The maximum atomic E-state index is 13.8. The third-order valence-corrected chi connectivity index (χ3v) is 3.23. The predicted octanol–water partition coefficient (Wildman–Crippen LogP) is 2.30. The van der Waals surface area contributed by atoms with Gasteiger partial charge in [-0.25, -0.2) is 4.39 Å². The molecule has 110 valence electrons. The first-order valence-corrected chi connectivity index (χ1v) is 6.84. The van der Waals surface area contributed by atoms with Crippen molar-refractivity contribution in [2.75, 3.05) is 0 Å². The molecule has 0 bridgehead atoms. The lowest BCUT2D eigenvalue weighted by atomic mass is 10.1. The van der Waals surface area contributed by atoms with E-state index >= 15 is 0 Å². The molecule has 0 saturated carbocycles. The summed E-state index contributed by atoms with van der Waals surface area (Å²) in [7, 11) is 0. The SMILES string of the molecule is NC(=S)c1ccc(CNC(=O)CCc2ccco2)c(F)c1. The van der Waals surface area contributed by atoms with Gasteiger partial charge >= 0.3 is 0 Å². The Labute approximate surface area is 127 Å². The minimum Gasteiger partial charge on any atom is -0.469 e. The molecule has 0 saturated heterocycles. The predicted molar refractivity (Wildman–Crippen MR) is 81.2 cm³/mol. The minimum absolute atomic E-state index is 0.125. The Hall–Kier alpha value is -2.21. The molecule has 0 aliphatic rings. The Balaban J connectivity index is 1.85. The van der Waals surface area contributed by atoms with Gasteiger partial charge in [-0.05, 0) is 18.2 Å². The van der Waals surface area contributed by atoms with Gasteiger partial charge in [-0.1, -0.05) is 24.4 Å². The molecule has 0 aliphatic heterocycles. The quantitative estimate of drug-likeness (QED) is 0.804. The third-order valence-electron chi connectivity index (χ3n) is 2.99. The number of nitrogens with one attached hydrogen (secondary N) is 1. The van der Waals surface area contributed by atoms with Crippen LogP contribution in [-0.4, -0.2) is 10.9 Å². The Morgan fingerprint density at radius 1 is 1.38 bits per heavy atom. The van der Waals surface area contributed by atoms with E-state index < -0.39 is 5.82 Å². The van der Waals surface area contributed by atoms with Gasteiger partial charge < -0.3 is 15.5 Å². The van der Waals surface area contributed by atoms with E-state index in [0.29, 0.717) is 24.0 Å². The average molecular weight is 306 g/mol. The second kappa shape index (κ2) is 6.99. The van der Waals surface area contributed by atoms with Gasteiger partial charge in [0, 0.05) is 30.5 Å². The van der Waals surface area contributed by atoms with Crippen LogP contribution in [0.1, 0.15) is 23.3 Å². The zero-order valence-corrected chi connectivity index (χ0v) is 12.1. The summed E-state index contributed by atoms with van der Waals surface area (Å²) in [5.41, 5.74) is 6.29. The van der Waals surface area contributed by atoms with Gasteiger partial charge in [0.25, 0.3) is 0 Å². The molecular formula is C15H15FN2O2S. The summed E-state index contributed by atoms with van der Waals surface area (Å²) < 4.78 is 18.9. The van der Waals surface area contributed by atoms with E-state index in [9.17, 15) is 9.18 Å². The number of carbonyl (C=O) groups excluding carboxylic acids is 1. The van der Waals surface area contributed by atoms with Gasteiger partial charge in [0.15, 0.2) is 0 Å². The van der Waals surface area contributed by atoms with Crippen LogP contribution in [0.3, 0.4) is 0 Å². The van der Waals surface area contributed by atoms with Crippen LogP contribution in [-0.2, 0) is 17.8 Å². The number of thiocarbonyl (C=S) groups is 1. The number of nitrogens with two attached hydrogens (primary N) is 1. The highest BCUT2D eigenvalue weighted by Gasteiger charge is 2.08. The Morgan fingerprint density at radius 2 is 2.19 bits per heavy atom. The molecule has 0 aliphatic carbocycles. The van der Waals surface area contributed by atoms with Gasteiger partial charge in [-0.2, -0.15) is 0 Å². The van der Waals surface area contributed by atoms with Crippen molar-refractivity contribution < 1.29 is 13.6 Å². The Bertz CT molecular complexity index is 641. The number of aryl methyl sites for hydroxylation is 1. The first kappa shape index (κ1) is 15.2. The van der Waals surface area contributed by atoms with Crippen molar-refractivity contribution in [3.63, 3.8) is 0 Å². The second-order valence-corrected chi connectivity index (χ2v) is 4.97. The van der Waals surface area contributed by atoms with Crippen LogP contribution in [0.25, 0.3) is 0 Å². The Morgan fingerprint density at radius 3 is 2.81 bits per heavy atom. The number of halogens is 1. The summed E-state index contributed by atoms with van der Waals surface area (Å²) in [6.07, 6.45) is 2.37. The summed E-state index contributed by atoms with van der Waals surface area (Å²) in [5.74, 6) is 0.146. The molecule has 1 aromatic heterocycles. The largest absolute Gasteiger partial charge is 0.469 e. The summed E-state index contributed by atoms with van der Waals surface area (Å²) in [4.78, 5) is 11.8. The van der Waals surface area contributed by atoms with Crippen LogP contribution in [0, 0.1) is 5.82 Å². The van der Waals surface area contributed by atoms with Crippen molar-refractivity contribution in [3.05, 3.63) is 59.3 Å². The standard InChI is InChI=1S/C15H15FN2O2S/c16-13-8-10(15(17)21)3-4-11(13)9-18-14(19)6-5-12-2-1-7-20-12/h1-4,7-8H,5-6,9H2,(H2,17,21)(H,18,19). The van der Waals surface area contributed by atoms with Crippen molar-refractivity contribution in [2.24, 2.45) is 5.73 Å². The minimum atomic E-state index is -0.438. The van der Waals surface area contributed by atoms with Crippen LogP contribution < -0.4 is 11.1 Å². The topological polar surface area (TPSA) is 68.3 Å². The number of furan rings is 1. The van der Waals surface area contributed by atoms with E-state index in [1.807, 2.05) is 0 Å². The van der Waals surface area contributed by atoms with E-state index in [1.54, 1.807) is 30.5 Å². The van der Waals surface area contributed by atoms with Crippen molar-refractivity contribution in [1.82, 2.24) is 5.32 Å². The lowest BCUT2D eigenvalue weighted by molar-refractivity contribution is -0.121. The maximum Gasteiger partial charge on any atom is 0.220 e. The zero-order valence-electron chi connectivity index (χ0n) is 11.3. The van der Waals surface area contributed by atoms with Crippen LogP contribution in [0.15, 0.2) is 41.0 Å². The molecule has 4 nitrogen and oxygen atoms in total. The molecule has 21 heavy (non-hydrogen) atoms. The monoisotopic (exact) mass is 306 g/mol. The molecule has 0 unspecified atom stereocenters. The highest BCUT2D eigenvalue weighted by atomic mass is 32.1. The summed E-state index contributed by atoms with van der Waals surface area (Å²) in [5, 5.41) is 2.67. The van der Waals surface area contributed by atoms with E-state index in [2.05, 4.69) is 5.32 Å². The van der Waals surface area contributed by atoms with E-state index in [4.69, 9.17) is 22.4 Å². The molecule has 6 heteroatoms. The number of benzene rings is 1. The first-order chi connectivity index (χ1) is 10.1. The molecule has 1 aromatic carbocycles. The van der Waals surface area contributed by atoms with Crippen molar-refractivity contribution in [1.29, 1.82) is 0 Å². The van der Waals surface area contributed by atoms with E-state index in [0.717, 1.165) is 5.76 Å². The summed E-state index contributed by atoms with van der Waals surface area (Å²) in [6, 6.07) is 8.05. The summed E-state index contributed by atoms with van der Waals surface area (Å²) >= 11 is 4.78. The van der Waals surface area contributed by atoms with Crippen LogP contribution in [0.4, 0.5) is 4.39 Å². The number of rotatable bonds is 6. The van der Waals surface area contributed by atoms with Gasteiger partial charge in [0.05, 0.1) is 6.26 Å². The third kappa shape index (κ3) is 4.39. The number of carbonyl (C=O) groups is 1. The fraction of sp³-hybridized carbons (Fsp3) is 0.200. The number of hydrogen-bond donors (Lipinski definition) is 2. The van der Waals surface area contributed by atoms with Crippen LogP contribution in [0.2, 0.25) is 0 Å². The molecule has 2 rings (SSSR count). The summed E-state index contributed by atoms with van der Waals surface area (Å²) in [6.45, 7) is 0.125. The number of hydrogen-bond acceptors (Lipinski definition) is 3. The average Bonchev–Trinajstić information content (AvgIpc) is 2.97. The van der Waals surface area contributed by atoms with Crippen molar-refractivity contribution in [3.8, 4) is 0 Å². The van der Waals surface area contributed by atoms with E-state index in [1.165, 1.54) is 6.07 Å². The molecule has 3 N–H and O–H groups in total. The molecule has 2 aromatic rings. The van der Waals surface area contributed by atoms with Crippen LogP contribution >= 0.6 is 12.2 Å². The second-order valence-electron chi connectivity index (χ2n) is 4.53. The molecular weight excluding hydrogens is 291 g/mol. The van der Waals surface area contributed by atoms with Gasteiger partial charge in [0.1, 0.15) is 16.6 Å². The highest BCUT2D eigenvalue weighted by molar-refractivity contribution is 7.80. The van der Waals surface area contributed by atoms with Gasteiger partial charge in [-0.3, -0.25) is 4.79 Å². The Kier molecular flexibility index (Phi) is 5.05. The maximum absolute atomic E-state index is 13.8. The van der Waals surface area contributed by atoms with Gasteiger partial charge in [0.2, 0.25) is 5.91 Å². The van der Waals surface area contributed by atoms with Crippen molar-refractivity contribution in [2.45, 2.75) is 19.4 Å². The molecule has 1 heterocycles. The molecule has 0 fully saturated rings. The smallest absolute Gasteiger partial charge is 0.220 e. The molecule has 0 atom stereocenters. The van der Waals surface area contributed by atoms with Gasteiger partial charge in [-0.15, -0.1) is 0 Å². The molecule has 0 spiro atoms. The first-order valence-electron chi connectivity index (χ1n) is 6.43. The normalized spacial score (nSPS) is 10.3. The lowest BCUT2D eigenvalue weighted by Crippen LogP contribution is -2.23. The molecule has 1 amide bonds. The van der Waals surface area contributed by atoms with E-state index in [-0.39, 0.29) is 17.4 Å². The lowest BCUT2D eigenvalue weighted by Gasteiger charge is -2.07. The zero-order chi connectivity index (χ0) is 15.2. The van der Waals surface area contributed by atoms with Crippen molar-refractivity contribution >= 4 is 23.1 Å². The fourth-order valence-electron chi connectivity index (χ4n) is 1.82. The fourth-order valence-corrected chi connectivity index (χ4v) is 1.94. The number of amides is 1. The van der Waals surface area contributed by atoms with Crippen LogP contribution in [0.5, 0.6) is 0 Å². The highest BCUT2D eigenvalue weighted by Crippen LogP contribution is 2.11.